The van der Waals surface area contributed by atoms with Crippen LogP contribution >= 0.6 is 11.6 Å². The Morgan fingerprint density at radius 2 is 2.00 bits per heavy atom. The summed E-state index contributed by atoms with van der Waals surface area (Å²) >= 11 is 5.59. The minimum atomic E-state index is -3.45. The summed E-state index contributed by atoms with van der Waals surface area (Å²) in [4.78, 5) is 2.24. The Kier molecular flexibility index (Phi) is 6.25. The molecule has 0 saturated carbocycles. The summed E-state index contributed by atoms with van der Waals surface area (Å²) in [6, 6.07) is 0. The van der Waals surface area contributed by atoms with Crippen molar-refractivity contribution in [1.82, 2.24) is 19.0 Å². The molecular formula is C11H21ClN4O2S. The van der Waals surface area contributed by atoms with Gasteiger partial charge < -0.3 is 4.90 Å². The molecule has 8 heteroatoms. The van der Waals surface area contributed by atoms with E-state index in [1.807, 2.05) is 19.0 Å². The maximum Gasteiger partial charge on any atom is 0.245 e. The van der Waals surface area contributed by atoms with E-state index >= 15 is 0 Å². The number of hydrogen-bond acceptors (Lipinski definition) is 4. The minimum Gasteiger partial charge on any atom is -0.309 e. The zero-order valence-electron chi connectivity index (χ0n) is 11.6. The van der Waals surface area contributed by atoms with Crippen LogP contribution < -0.4 is 0 Å². The lowest BCUT2D eigenvalue weighted by Gasteiger charge is -2.17. The van der Waals surface area contributed by atoms with Gasteiger partial charge in [-0.25, -0.2) is 12.7 Å². The molecule has 1 heterocycles. The summed E-state index contributed by atoms with van der Waals surface area (Å²) in [5.41, 5.74) is 0. The van der Waals surface area contributed by atoms with E-state index in [1.54, 1.807) is 7.05 Å². The molecular weight excluding hydrogens is 288 g/mol. The van der Waals surface area contributed by atoms with Gasteiger partial charge in [-0.2, -0.15) is 5.10 Å². The molecule has 6 nitrogen and oxygen atoms in total. The second-order valence-corrected chi connectivity index (χ2v) is 7.03. The van der Waals surface area contributed by atoms with Crippen molar-refractivity contribution in [2.75, 3.05) is 40.1 Å². The molecule has 0 aliphatic heterocycles. The standard InChI is InChI=1S/C11H21ClN4O2S/c1-14(2)6-4-7-15(3)19(17,18)11-9-13-16(10-11)8-5-12/h9-10H,4-8H2,1-3H3. The SMILES string of the molecule is CN(C)CCCN(C)S(=O)(=O)c1cnn(CCCl)c1. The quantitative estimate of drug-likeness (QED) is 0.663. The number of aryl methyl sites for hydroxylation is 1. The van der Waals surface area contributed by atoms with Crippen LogP contribution in [-0.2, 0) is 16.6 Å². The van der Waals surface area contributed by atoms with Crippen molar-refractivity contribution in [1.29, 1.82) is 0 Å². The minimum absolute atomic E-state index is 0.213. The Labute approximate surface area is 120 Å². The second kappa shape index (κ2) is 7.23. The normalized spacial score (nSPS) is 12.5. The highest BCUT2D eigenvalue weighted by molar-refractivity contribution is 7.89. The molecule has 110 valence electrons. The van der Waals surface area contributed by atoms with E-state index in [1.165, 1.54) is 21.4 Å². The van der Waals surface area contributed by atoms with Crippen molar-refractivity contribution in [3.63, 3.8) is 0 Å². The van der Waals surface area contributed by atoms with Gasteiger partial charge in [0.1, 0.15) is 4.90 Å². The number of nitrogens with zero attached hydrogens (tertiary/aromatic N) is 4. The van der Waals surface area contributed by atoms with Crippen molar-refractivity contribution in [3.05, 3.63) is 12.4 Å². The number of hydrogen-bond donors (Lipinski definition) is 0. The van der Waals surface area contributed by atoms with Crippen molar-refractivity contribution in [3.8, 4) is 0 Å². The molecule has 1 aromatic rings. The number of sulfonamides is 1. The van der Waals surface area contributed by atoms with Crippen LogP contribution in [0.15, 0.2) is 17.3 Å². The van der Waals surface area contributed by atoms with Crippen LogP contribution in [0.2, 0.25) is 0 Å². The lowest BCUT2D eigenvalue weighted by atomic mass is 10.4. The summed E-state index contributed by atoms with van der Waals surface area (Å²) in [6.07, 6.45) is 3.67. The van der Waals surface area contributed by atoms with E-state index in [0.29, 0.717) is 19.0 Å². The van der Waals surface area contributed by atoms with Crippen LogP contribution in [0.25, 0.3) is 0 Å². The molecule has 0 bridgehead atoms. The van der Waals surface area contributed by atoms with Crippen molar-refractivity contribution < 1.29 is 8.42 Å². The fourth-order valence-electron chi connectivity index (χ4n) is 1.60. The summed E-state index contributed by atoms with van der Waals surface area (Å²) in [5.74, 6) is 0.403. The monoisotopic (exact) mass is 308 g/mol. The van der Waals surface area contributed by atoms with Crippen molar-refractivity contribution in [2.24, 2.45) is 0 Å². The molecule has 0 aliphatic carbocycles. The zero-order valence-corrected chi connectivity index (χ0v) is 13.2. The van der Waals surface area contributed by atoms with Crippen LogP contribution in [0, 0.1) is 0 Å². The topological polar surface area (TPSA) is 58.4 Å². The Bertz CT molecular complexity index is 487. The van der Waals surface area contributed by atoms with Gasteiger partial charge in [-0.3, -0.25) is 4.68 Å². The first-order valence-corrected chi connectivity index (χ1v) is 8.05. The molecule has 0 radical (unpaired) electrons. The van der Waals surface area contributed by atoms with Gasteiger partial charge >= 0.3 is 0 Å². The van der Waals surface area contributed by atoms with Crippen molar-refractivity contribution in [2.45, 2.75) is 17.9 Å². The van der Waals surface area contributed by atoms with Gasteiger partial charge in [-0.05, 0) is 27.1 Å². The molecule has 0 saturated heterocycles. The van der Waals surface area contributed by atoms with Gasteiger partial charge in [0, 0.05) is 25.7 Å². The number of aromatic nitrogens is 2. The van der Waals surface area contributed by atoms with Gasteiger partial charge in [0.25, 0.3) is 0 Å². The lowest BCUT2D eigenvalue weighted by Crippen LogP contribution is -2.29. The average molecular weight is 309 g/mol. The maximum atomic E-state index is 12.3. The molecule has 1 rings (SSSR count). The highest BCUT2D eigenvalue weighted by Crippen LogP contribution is 2.13. The third-order valence-corrected chi connectivity index (χ3v) is 4.69. The van der Waals surface area contributed by atoms with Gasteiger partial charge in [-0.1, -0.05) is 0 Å². The third-order valence-electron chi connectivity index (χ3n) is 2.71. The molecule has 0 unspecified atom stereocenters. The Morgan fingerprint density at radius 1 is 1.32 bits per heavy atom. The molecule has 0 atom stereocenters. The maximum absolute atomic E-state index is 12.3. The number of rotatable bonds is 8. The third kappa shape index (κ3) is 4.76. The molecule has 0 amide bonds. The molecule has 0 aliphatic rings. The molecule has 0 N–H and O–H groups in total. The Morgan fingerprint density at radius 3 is 2.58 bits per heavy atom. The van der Waals surface area contributed by atoms with Crippen LogP contribution in [0.1, 0.15) is 6.42 Å². The fraction of sp³-hybridized carbons (Fsp3) is 0.727. The predicted molar refractivity (Wildman–Crippen MR) is 75.9 cm³/mol. The summed E-state index contributed by atoms with van der Waals surface area (Å²) in [7, 11) is 2.07. The van der Waals surface area contributed by atoms with E-state index in [0.717, 1.165) is 13.0 Å². The molecule has 1 aromatic heterocycles. The molecule has 0 fully saturated rings. The zero-order chi connectivity index (χ0) is 14.5. The largest absolute Gasteiger partial charge is 0.309 e. The second-order valence-electron chi connectivity index (χ2n) is 4.61. The van der Waals surface area contributed by atoms with Gasteiger partial charge in [-0.15, -0.1) is 11.6 Å². The lowest BCUT2D eigenvalue weighted by molar-refractivity contribution is 0.370. The summed E-state index contributed by atoms with van der Waals surface area (Å²) in [5, 5.41) is 3.98. The highest BCUT2D eigenvalue weighted by atomic mass is 35.5. The van der Waals surface area contributed by atoms with E-state index in [-0.39, 0.29) is 4.90 Å². The van der Waals surface area contributed by atoms with Crippen LogP contribution in [0.4, 0.5) is 0 Å². The smallest absolute Gasteiger partial charge is 0.245 e. The molecule has 19 heavy (non-hydrogen) atoms. The predicted octanol–water partition coefficient (Wildman–Crippen LogP) is 0.694. The van der Waals surface area contributed by atoms with Gasteiger partial charge in [0.2, 0.25) is 10.0 Å². The Hall–Kier alpha value is -0.630. The van der Waals surface area contributed by atoms with Crippen LogP contribution in [0.3, 0.4) is 0 Å². The average Bonchev–Trinajstić information content (AvgIpc) is 2.78. The van der Waals surface area contributed by atoms with Gasteiger partial charge in [0.05, 0.1) is 12.7 Å². The summed E-state index contributed by atoms with van der Waals surface area (Å²) < 4.78 is 27.4. The van der Waals surface area contributed by atoms with E-state index in [4.69, 9.17) is 11.6 Å². The first-order valence-electron chi connectivity index (χ1n) is 6.07. The fourth-order valence-corrected chi connectivity index (χ4v) is 2.93. The molecule has 0 aromatic carbocycles. The van der Waals surface area contributed by atoms with E-state index < -0.39 is 10.0 Å². The van der Waals surface area contributed by atoms with E-state index in [2.05, 4.69) is 5.10 Å². The van der Waals surface area contributed by atoms with E-state index in [9.17, 15) is 8.42 Å². The summed E-state index contributed by atoms with van der Waals surface area (Å²) in [6.45, 7) is 1.84. The molecule has 0 spiro atoms. The number of halogens is 1. The van der Waals surface area contributed by atoms with Crippen molar-refractivity contribution >= 4 is 21.6 Å². The first kappa shape index (κ1) is 16.4. The van der Waals surface area contributed by atoms with Crippen LogP contribution in [0.5, 0.6) is 0 Å². The number of alkyl halides is 1. The highest BCUT2D eigenvalue weighted by Gasteiger charge is 2.22. The van der Waals surface area contributed by atoms with Gasteiger partial charge in [0.15, 0.2) is 0 Å². The van der Waals surface area contributed by atoms with Crippen LogP contribution in [-0.4, -0.2) is 67.5 Å². The Balaban J connectivity index is 2.67. The first-order chi connectivity index (χ1) is 8.87.